The first kappa shape index (κ1) is 14.8. The third kappa shape index (κ3) is 4.46. The molecule has 2 atom stereocenters. The van der Waals surface area contributed by atoms with Gasteiger partial charge in [0.25, 0.3) is 0 Å². The van der Waals surface area contributed by atoms with Crippen LogP contribution < -0.4 is 5.32 Å². The van der Waals surface area contributed by atoms with Crippen molar-refractivity contribution < 1.29 is 4.79 Å². The molecule has 2 rings (SSSR count). The van der Waals surface area contributed by atoms with Gasteiger partial charge in [-0.1, -0.05) is 0 Å². The van der Waals surface area contributed by atoms with E-state index in [1.165, 1.54) is 25.7 Å². The number of carbonyl (C=O) groups is 1. The van der Waals surface area contributed by atoms with E-state index in [4.69, 9.17) is 0 Å². The van der Waals surface area contributed by atoms with E-state index in [0.29, 0.717) is 17.9 Å². The Morgan fingerprint density at radius 2 is 2.16 bits per heavy atom. The zero-order valence-corrected chi connectivity index (χ0v) is 12.5. The monoisotopic (exact) mass is 267 g/mol. The van der Waals surface area contributed by atoms with Crippen LogP contribution in [0.4, 0.5) is 0 Å². The van der Waals surface area contributed by atoms with Gasteiger partial charge in [-0.15, -0.1) is 0 Å². The van der Waals surface area contributed by atoms with Crippen LogP contribution >= 0.6 is 0 Å². The molecule has 0 saturated carbocycles. The summed E-state index contributed by atoms with van der Waals surface area (Å²) in [6.07, 6.45) is 6.73. The van der Waals surface area contributed by atoms with Gasteiger partial charge in [0.05, 0.1) is 0 Å². The highest BCUT2D eigenvalue weighted by molar-refractivity contribution is 5.76. The normalized spacial score (nSPS) is 28.1. The van der Waals surface area contributed by atoms with Crippen molar-refractivity contribution in [2.45, 2.75) is 44.6 Å². The molecule has 0 aromatic carbocycles. The Morgan fingerprint density at radius 3 is 2.84 bits per heavy atom. The number of rotatable bonds is 5. The number of nitrogens with zero attached hydrogens (tertiary/aromatic N) is 2. The van der Waals surface area contributed by atoms with Crippen molar-refractivity contribution in [2.75, 3.05) is 40.3 Å². The van der Waals surface area contributed by atoms with Crippen LogP contribution in [0.25, 0.3) is 0 Å². The summed E-state index contributed by atoms with van der Waals surface area (Å²) in [6, 6.07) is 0.451. The van der Waals surface area contributed by atoms with E-state index >= 15 is 0 Å². The molecule has 4 nitrogen and oxygen atoms in total. The predicted octanol–water partition coefficient (Wildman–Crippen LogP) is 1.32. The van der Waals surface area contributed by atoms with E-state index in [2.05, 4.69) is 29.2 Å². The summed E-state index contributed by atoms with van der Waals surface area (Å²) in [6.45, 7) is 4.24. The fourth-order valence-electron chi connectivity index (χ4n) is 3.42. The molecule has 2 heterocycles. The maximum atomic E-state index is 12.4. The number of hydrogen-bond donors (Lipinski definition) is 1. The average Bonchev–Trinajstić information content (AvgIpc) is 2.84. The largest absolute Gasteiger partial charge is 0.338 e. The molecular formula is C15H29N3O. The number of likely N-dealkylation sites (N-methyl/N-ethyl adjacent to an activating group) is 1. The van der Waals surface area contributed by atoms with Crippen molar-refractivity contribution in [1.29, 1.82) is 0 Å². The van der Waals surface area contributed by atoms with Gasteiger partial charge in [-0.3, -0.25) is 4.79 Å². The van der Waals surface area contributed by atoms with Crippen molar-refractivity contribution in [2.24, 2.45) is 5.92 Å². The molecule has 1 amide bonds. The van der Waals surface area contributed by atoms with Gasteiger partial charge in [0.1, 0.15) is 0 Å². The molecule has 110 valence electrons. The van der Waals surface area contributed by atoms with Gasteiger partial charge >= 0.3 is 0 Å². The maximum Gasteiger partial charge on any atom is 0.222 e. The highest BCUT2D eigenvalue weighted by Gasteiger charge is 2.29. The van der Waals surface area contributed by atoms with Crippen molar-refractivity contribution in [1.82, 2.24) is 15.1 Å². The fourth-order valence-corrected chi connectivity index (χ4v) is 3.42. The molecule has 0 aromatic heterocycles. The Morgan fingerprint density at radius 1 is 1.32 bits per heavy atom. The Labute approximate surface area is 117 Å². The van der Waals surface area contributed by atoms with Gasteiger partial charge in [-0.05, 0) is 65.2 Å². The summed E-state index contributed by atoms with van der Waals surface area (Å²) >= 11 is 0. The number of carbonyl (C=O) groups excluding carboxylic acids is 1. The van der Waals surface area contributed by atoms with Crippen LogP contribution in [0.2, 0.25) is 0 Å². The van der Waals surface area contributed by atoms with Crippen molar-refractivity contribution in [3.05, 3.63) is 0 Å². The molecule has 1 N–H and O–H groups in total. The summed E-state index contributed by atoms with van der Waals surface area (Å²) in [4.78, 5) is 16.7. The zero-order chi connectivity index (χ0) is 13.7. The summed E-state index contributed by atoms with van der Waals surface area (Å²) in [5.74, 6) is 1.10. The topological polar surface area (TPSA) is 35.6 Å². The highest BCUT2D eigenvalue weighted by atomic mass is 16.2. The molecular weight excluding hydrogens is 238 g/mol. The minimum absolute atomic E-state index is 0.384. The van der Waals surface area contributed by atoms with Crippen molar-refractivity contribution in [3.63, 3.8) is 0 Å². The van der Waals surface area contributed by atoms with Crippen LogP contribution in [-0.2, 0) is 4.79 Å². The van der Waals surface area contributed by atoms with E-state index in [9.17, 15) is 4.79 Å². The molecule has 0 spiro atoms. The van der Waals surface area contributed by atoms with Gasteiger partial charge in [0.2, 0.25) is 5.91 Å². The van der Waals surface area contributed by atoms with Crippen molar-refractivity contribution in [3.8, 4) is 0 Å². The molecule has 2 unspecified atom stereocenters. The second-order valence-corrected chi connectivity index (χ2v) is 6.40. The van der Waals surface area contributed by atoms with Crippen LogP contribution in [0.5, 0.6) is 0 Å². The van der Waals surface area contributed by atoms with Crippen LogP contribution in [0.15, 0.2) is 0 Å². The summed E-state index contributed by atoms with van der Waals surface area (Å²) in [5, 5.41) is 3.43. The first-order valence-electron chi connectivity index (χ1n) is 7.81. The fraction of sp³-hybridized carbons (Fsp3) is 0.933. The van der Waals surface area contributed by atoms with Crippen molar-refractivity contribution >= 4 is 5.91 Å². The molecule has 0 aliphatic carbocycles. The van der Waals surface area contributed by atoms with E-state index in [0.717, 1.165) is 39.0 Å². The average molecular weight is 267 g/mol. The number of hydrogen-bond acceptors (Lipinski definition) is 3. The maximum absolute atomic E-state index is 12.4. The van der Waals surface area contributed by atoms with Crippen LogP contribution in [0, 0.1) is 5.92 Å². The van der Waals surface area contributed by atoms with E-state index in [1.807, 2.05) is 0 Å². The van der Waals surface area contributed by atoms with Gasteiger partial charge < -0.3 is 15.1 Å². The molecule has 0 radical (unpaired) electrons. The second kappa shape index (κ2) is 7.25. The lowest BCUT2D eigenvalue weighted by Crippen LogP contribution is -2.41. The lowest BCUT2D eigenvalue weighted by atomic mass is 9.94. The number of piperidine rings is 1. The number of amides is 1. The van der Waals surface area contributed by atoms with Gasteiger partial charge in [-0.2, -0.15) is 0 Å². The minimum atomic E-state index is 0.384. The Kier molecular flexibility index (Phi) is 5.64. The standard InChI is InChI=1S/C15H29N3O/c1-17(2)12-14-6-4-10-18(14)15(19)8-7-13-5-3-9-16-11-13/h13-14,16H,3-12H2,1-2H3. The molecule has 0 aromatic rings. The molecule has 4 heteroatoms. The third-order valence-electron chi connectivity index (χ3n) is 4.44. The summed E-state index contributed by atoms with van der Waals surface area (Å²) in [5.41, 5.74) is 0. The lowest BCUT2D eigenvalue weighted by Gasteiger charge is -2.28. The van der Waals surface area contributed by atoms with Gasteiger partial charge in [0.15, 0.2) is 0 Å². The highest BCUT2D eigenvalue weighted by Crippen LogP contribution is 2.21. The SMILES string of the molecule is CN(C)CC1CCCN1C(=O)CCC1CCCNC1. The Bertz CT molecular complexity index is 287. The van der Waals surface area contributed by atoms with Gasteiger partial charge in [-0.25, -0.2) is 0 Å². The Hall–Kier alpha value is -0.610. The summed E-state index contributed by atoms with van der Waals surface area (Å²) in [7, 11) is 4.18. The van der Waals surface area contributed by atoms with E-state index < -0.39 is 0 Å². The summed E-state index contributed by atoms with van der Waals surface area (Å²) < 4.78 is 0. The number of likely N-dealkylation sites (tertiary alicyclic amines) is 1. The molecule has 0 bridgehead atoms. The predicted molar refractivity (Wildman–Crippen MR) is 78.1 cm³/mol. The Balaban J connectivity index is 1.75. The second-order valence-electron chi connectivity index (χ2n) is 6.40. The number of nitrogens with one attached hydrogen (secondary N) is 1. The smallest absolute Gasteiger partial charge is 0.222 e. The molecule has 2 fully saturated rings. The van der Waals surface area contributed by atoms with Gasteiger partial charge in [0, 0.05) is 25.6 Å². The van der Waals surface area contributed by atoms with Crippen LogP contribution in [-0.4, -0.2) is 62.0 Å². The zero-order valence-electron chi connectivity index (χ0n) is 12.5. The molecule has 2 saturated heterocycles. The minimum Gasteiger partial charge on any atom is -0.338 e. The third-order valence-corrected chi connectivity index (χ3v) is 4.44. The first-order chi connectivity index (χ1) is 9.16. The first-order valence-corrected chi connectivity index (χ1v) is 7.81. The lowest BCUT2D eigenvalue weighted by molar-refractivity contribution is -0.132. The molecule has 19 heavy (non-hydrogen) atoms. The van der Waals surface area contributed by atoms with Crippen LogP contribution in [0.1, 0.15) is 38.5 Å². The van der Waals surface area contributed by atoms with E-state index in [-0.39, 0.29) is 0 Å². The van der Waals surface area contributed by atoms with Crippen LogP contribution in [0.3, 0.4) is 0 Å². The van der Waals surface area contributed by atoms with E-state index in [1.54, 1.807) is 0 Å². The quantitative estimate of drug-likeness (QED) is 0.816. The molecule has 2 aliphatic rings. The molecule has 2 aliphatic heterocycles.